The predicted molar refractivity (Wildman–Crippen MR) is 47.8 cm³/mol. The van der Waals surface area contributed by atoms with Gasteiger partial charge in [0.25, 0.3) is 5.71 Å². The Kier molecular flexibility index (Phi) is 2.14. The molecule has 5 nitrogen and oxygen atoms in total. The van der Waals surface area contributed by atoms with E-state index in [9.17, 15) is 4.79 Å². The van der Waals surface area contributed by atoms with Crippen LogP contribution in [0.15, 0.2) is 23.0 Å². The molecule has 14 heavy (non-hydrogen) atoms. The second kappa shape index (κ2) is 3.45. The molecule has 0 atom stereocenters. The molecule has 2 aromatic heterocycles. The molecule has 0 unspecified atom stereocenters. The Morgan fingerprint density at radius 1 is 1.57 bits per heavy atom. The van der Waals surface area contributed by atoms with Crippen LogP contribution >= 0.6 is 0 Å². The van der Waals surface area contributed by atoms with Gasteiger partial charge in [-0.3, -0.25) is 0 Å². The molecule has 0 radical (unpaired) electrons. The predicted octanol–water partition coefficient (Wildman–Crippen LogP) is 1.40. The summed E-state index contributed by atoms with van der Waals surface area (Å²) >= 11 is 0. The molecule has 2 aromatic rings. The highest BCUT2D eigenvalue weighted by atomic mass is 16.5. The van der Waals surface area contributed by atoms with Crippen molar-refractivity contribution in [3.05, 3.63) is 24.0 Å². The molecule has 0 aliphatic heterocycles. The average molecular weight is 192 g/mol. The number of ether oxygens (including phenoxy) is 1. The molecule has 0 amide bonds. The van der Waals surface area contributed by atoms with Crippen LogP contribution in [0.3, 0.4) is 0 Å². The minimum absolute atomic E-state index is 0.348. The maximum atomic E-state index is 11.3. The zero-order chi connectivity index (χ0) is 9.97. The number of fused-ring (bicyclic) bond motifs is 1. The SMILES string of the molecule is CCOC(=O)c1cnc2oncc2c1. The standard InChI is InChI=1S/C9H8N2O3/c1-2-13-9(12)7-3-6-5-11-14-8(6)10-4-7/h3-5H,2H2,1H3. The first-order chi connectivity index (χ1) is 6.81. The van der Waals surface area contributed by atoms with E-state index in [2.05, 4.69) is 10.1 Å². The fourth-order valence-electron chi connectivity index (χ4n) is 1.10. The summed E-state index contributed by atoms with van der Waals surface area (Å²) in [5.41, 5.74) is 0.820. The number of carbonyl (C=O) groups excluding carboxylic acids is 1. The van der Waals surface area contributed by atoms with Crippen LogP contribution in [0.2, 0.25) is 0 Å². The molecule has 72 valence electrons. The number of nitrogens with zero attached hydrogens (tertiary/aromatic N) is 2. The zero-order valence-electron chi connectivity index (χ0n) is 7.56. The number of rotatable bonds is 2. The summed E-state index contributed by atoms with van der Waals surface area (Å²) in [5, 5.41) is 4.25. The Labute approximate surface area is 79.7 Å². The molecule has 0 bridgehead atoms. The van der Waals surface area contributed by atoms with Gasteiger partial charge in [-0.1, -0.05) is 5.16 Å². The van der Waals surface area contributed by atoms with Crippen molar-refractivity contribution in [3.8, 4) is 0 Å². The van der Waals surface area contributed by atoms with Crippen LogP contribution in [-0.2, 0) is 4.74 Å². The first kappa shape index (κ1) is 8.68. The zero-order valence-corrected chi connectivity index (χ0v) is 7.56. The molecule has 5 heteroatoms. The molecule has 0 aliphatic carbocycles. The van der Waals surface area contributed by atoms with Gasteiger partial charge in [-0.15, -0.1) is 0 Å². The van der Waals surface area contributed by atoms with Crippen molar-refractivity contribution < 1.29 is 14.1 Å². The Hall–Kier alpha value is -1.91. The lowest BCUT2D eigenvalue weighted by molar-refractivity contribution is 0.0526. The summed E-state index contributed by atoms with van der Waals surface area (Å²) < 4.78 is 9.62. The number of esters is 1. The number of aromatic nitrogens is 2. The van der Waals surface area contributed by atoms with Crippen molar-refractivity contribution >= 4 is 17.1 Å². The first-order valence-corrected chi connectivity index (χ1v) is 4.19. The van der Waals surface area contributed by atoms with Gasteiger partial charge in [0.1, 0.15) is 0 Å². The van der Waals surface area contributed by atoms with Crippen molar-refractivity contribution in [1.29, 1.82) is 0 Å². The monoisotopic (exact) mass is 192 g/mol. The lowest BCUT2D eigenvalue weighted by atomic mass is 10.2. The van der Waals surface area contributed by atoms with Gasteiger partial charge in [-0.25, -0.2) is 9.78 Å². The molecule has 2 rings (SSSR count). The van der Waals surface area contributed by atoms with Gasteiger partial charge < -0.3 is 9.26 Å². The van der Waals surface area contributed by atoms with E-state index in [0.717, 1.165) is 0 Å². The van der Waals surface area contributed by atoms with E-state index in [1.807, 2.05) is 0 Å². The van der Waals surface area contributed by atoms with Gasteiger partial charge in [0, 0.05) is 6.20 Å². The van der Waals surface area contributed by atoms with Crippen LogP contribution in [0.5, 0.6) is 0 Å². The summed E-state index contributed by atoms with van der Waals surface area (Å²) in [6.45, 7) is 2.10. The lowest BCUT2D eigenvalue weighted by Crippen LogP contribution is -2.04. The molecular formula is C9H8N2O3. The minimum atomic E-state index is -0.386. The van der Waals surface area contributed by atoms with Crippen molar-refractivity contribution in [2.24, 2.45) is 0 Å². The number of hydrogen-bond donors (Lipinski definition) is 0. The third kappa shape index (κ3) is 1.44. The Morgan fingerprint density at radius 3 is 3.21 bits per heavy atom. The van der Waals surface area contributed by atoms with E-state index >= 15 is 0 Å². The maximum absolute atomic E-state index is 11.3. The van der Waals surface area contributed by atoms with Crippen LogP contribution in [0, 0.1) is 0 Å². The lowest BCUT2D eigenvalue weighted by Gasteiger charge is -1.99. The molecule has 0 aliphatic rings. The van der Waals surface area contributed by atoms with Gasteiger partial charge in [-0.2, -0.15) is 0 Å². The average Bonchev–Trinajstić information content (AvgIpc) is 2.64. The highest BCUT2D eigenvalue weighted by molar-refractivity contribution is 5.92. The summed E-state index contributed by atoms with van der Waals surface area (Å²) in [6.07, 6.45) is 2.91. The van der Waals surface area contributed by atoms with Crippen LogP contribution in [0.1, 0.15) is 17.3 Å². The van der Waals surface area contributed by atoms with Gasteiger partial charge in [0.05, 0.1) is 23.8 Å². The normalized spacial score (nSPS) is 10.4. The molecular weight excluding hydrogens is 184 g/mol. The maximum Gasteiger partial charge on any atom is 0.339 e. The van der Waals surface area contributed by atoms with E-state index in [1.165, 1.54) is 12.4 Å². The quantitative estimate of drug-likeness (QED) is 0.673. The second-order valence-electron chi connectivity index (χ2n) is 2.66. The topological polar surface area (TPSA) is 65.2 Å². The van der Waals surface area contributed by atoms with E-state index in [-0.39, 0.29) is 5.97 Å². The smallest absolute Gasteiger partial charge is 0.339 e. The van der Waals surface area contributed by atoms with Gasteiger partial charge in [-0.05, 0) is 13.0 Å². The largest absolute Gasteiger partial charge is 0.462 e. The summed E-state index contributed by atoms with van der Waals surface area (Å²) in [7, 11) is 0. The van der Waals surface area contributed by atoms with Crippen molar-refractivity contribution in [2.45, 2.75) is 6.92 Å². The summed E-state index contributed by atoms with van der Waals surface area (Å²) in [6, 6.07) is 1.64. The van der Waals surface area contributed by atoms with Crippen LogP contribution in [0.4, 0.5) is 0 Å². The Bertz CT molecular complexity index is 464. The van der Waals surface area contributed by atoms with E-state index in [0.29, 0.717) is 23.3 Å². The molecule has 0 saturated carbocycles. The number of carbonyl (C=O) groups is 1. The van der Waals surface area contributed by atoms with E-state index in [1.54, 1.807) is 13.0 Å². The molecule has 0 N–H and O–H groups in total. The van der Waals surface area contributed by atoms with Crippen molar-refractivity contribution in [2.75, 3.05) is 6.61 Å². The highest BCUT2D eigenvalue weighted by Gasteiger charge is 2.09. The molecule has 0 aromatic carbocycles. The molecule has 2 heterocycles. The fraction of sp³-hybridized carbons (Fsp3) is 0.222. The first-order valence-electron chi connectivity index (χ1n) is 4.19. The van der Waals surface area contributed by atoms with Crippen LogP contribution in [0.25, 0.3) is 11.1 Å². The Balaban J connectivity index is 2.38. The van der Waals surface area contributed by atoms with Crippen LogP contribution < -0.4 is 0 Å². The second-order valence-corrected chi connectivity index (χ2v) is 2.66. The molecule has 0 spiro atoms. The summed E-state index contributed by atoms with van der Waals surface area (Å²) in [4.78, 5) is 15.2. The Morgan fingerprint density at radius 2 is 2.43 bits per heavy atom. The third-order valence-corrected chi connectivity index (χ3v) is 1.72. The highest BCUT2D eigenvalue weighted by Crippen LogP contribution is 2.12. The van der Waals surface area contributed by atoms with E-state index in [4.69, 9.17) is 9.26 Å². The summed E-state index contributed by atoms with van der Waals surface area (Å²) in [5.74, 6) is -0.386. The van der Waals surface area contributed by atoms with Crippen molar-refractivity contribution in [3.63, 3.8) is 0 Å². The van der Waals surface area contributed by atoms with Gasteiger partial charge in [0.2, 0.25) is 0 Å². The molecule has 0 fully saturated rings. The molecule has 0 saturated heterocycles. The third-order valence-electron chi connectivity index (χ3n) is 1.72. The van der Waals surface area contributed by atoms with Gasteiger partial charge in [0.15, 0.2) is 0 Å². The van der Waals surface area contributed by atoms with Gasteiger partial charge >= 0.3 is 5.97 Å². The minimum Gasteiger partial charge on any atom is -0.462 e. The van der Waals surface area contributed by atoms with Crippen molar-refractivity contribution in [1.82, 2.24) is 10.1 Å². The van der Waals surface area contributed by atoms with Crippen LogP contribution in [-0.4, -0.2) is 22.7 Å². The fourth-order valence-corrected chi connectivity index (χ4v) is 1.10. The van der Waals surface area contributed by atoms with E-state index < -0.39 is 0 Å². The number of hydrogen-bond acceptors (Lipinski definition) is 5. The number of pyridine rings is 1.